The van der Waals surface area contributed by atoms with Gasteiger partial charge in [-0.3, -0.25) is 4.79 Å². The molecule has 8 heteroatoms. The molecule has 2 aliphatic heterocycles. The number of amides is 1. The summed E-state index contributed by atoms with van der Waals surface area (Å²) in [7, 11) is 0. The first kappa shape index (κ1) is 19.5. The van der Waals surface area contributed by atoms with Crippen LogP contribution in [-0.2, 0) is 4.79 Å². The van der Waals surface area contributed by atoms with Crippen LogP contribution in [-0.4, -0.2) is 45.6 Å². The third kappa shape index (κ3) is 3.62. The Bertz CT molecular complexity index is 1080. The lowest BCUT2D eigenvalue weighted by molar-refractivity contribution is -0.116. The molecular formula is C23H26N6O2. The fourth-order valence-corrected chi connectivity index (χ4v) is 4.51. The number of anilines is 2. The minimum absolute atomic E-state index is 0.0332. The number of rotatable bonds is 5. The molecule has 0 bridgehead atoms. The van der Waals surface area contributed by atoms with Gasteiger partial charge in [0.25, 0.3) is 0 Å². The second-order valence-corrected chi connectivity index (χ2v) is 8.01. The maximum Gasteiger partial charge on any atom is 0.226 e. The van der Waals surface area contributed by atoms with Gasteiger partial charge in [0.15, 0.2) is 11.6 Å². The number of nitrogens with one attached hydrogen (secondary N) is 1. The highest BCUT2D eigenvalue weighted by atomic mass is 16.5. The van der Waals surface area contributed by atoms with Crippen molar-refractivity contribution in [2.75, 3.05) is 29.9 Å². The second-order valence-electron chi connectivity index (χ2n) is 8.01. The van der Waals surface area contributed by atoms with Gasteiger partial charge in [-0.05, 0) is 56.5 Å². The smallest absolute Gasteiger partial charge is 0.226 e. The van der Waals surface area contributed by atoms with Gasteiger partial charge in [0.2, 0.25) is 5.91 Å². The summed E-state index contributed by atoms with van der Waals surface area (Å²) in [5.74, 6) is 2.89. The number of aromatic nitrogens is 4. The zero-order valence-electron chi connectivity index (χ0n) is 17.8. The molecule has 0 unspecified atom stereocenters. The van der Waals surface area contributed by atoms with Gasteiger partial charge in [0, 0.05) is 31.0 Å². The van der Waals surface area contributed by atoms with Gasteiger partial charge in [0.05, 0.1) is 12.3 Å². The van der Waals surface area contributed by atoms with Crippen LogP contribution >= 0.6 is 0 Å². The SMILES string of the molecule is CCOc1ccc([C@H]2CC(=O)Nc3c2c(C)nn3-c2ccc(N3CCCC3)nn2)cc1. The predicted octanol–water partition coefficient (Wildman–Crippen LogP) is 3.44. The summed E-state index contributed by atoms with van der Waals surface area (Å²) < 4.78 is 7.25. The van der Waals surface area contributed by atoms with Crippen LogP contribution in [0.3, 0.4) is 0 Å². The van der Waals surface area contributed by atoms with E-state index < -0.39 is 0 Å². The Kier molecular flexibility index (Phi) is 5.05. The third-order valence-electron chi connectivity index (χ3n) is 5.98. The highest BCUT2D eigenvalue weighted by Gasteiger charge is 2.33. The Morgan fingerprint density at radius 2 is 1.77 bits per heavy atom. The number of nitrogens with zero attached hydrogens (tertiary/aromatic N) is 5. The number of ether oxygens (including phenoxy) is 1. The molecule has 5 rings (SSSR count). The fourth-order valence-electron chi connectivity index (χ4n) is 4.51. The summed E-state index contributed by atoms with van der Waals surface area (Å²) in [5, 5.41) is 16.5. The van der Waals surface area contributed by atoms with Gasteiger partial charge in [-0.15, -0.1) is 10.2 Å². The van der Waals surface area contributed by atoms with Gasteiger partial charge >= 0.3 is 0 Å². The molecule has 8 nitrogen and oxygen atoms in total. The van der Waals surface area contributed by atoms with Crippen molar-refractivity contribution in [1.29, 1.82) is 0 Å². The molecule has 3 aromatic rings. The van der Waals surface area contributed by atoms with Crippen LogP contribution in [0.15, 0.2) is 36.4 Å². The number of benzene rings is 1. The van der Waals surface area contributed by atoms with Crippen LogP contribution < -0.4 is 15.0 Å². The standard InChI is InChI=1S/C23H26N6O2/c1-3-31-17-8-6-16(7-9-17)18-14-21(30)24-23-22(18)15(2)27-29(23)20-11-10-19(25-26-20)28-12-4-5-13-28/h6-11,18H,3-5,12-14H2,1-2H3,(H,24,30)/t18-/m1/s1. The monoisotopic (exact) mass is 418 g/mol. The summed E-state index contributed by atoms with van der Waals surface area (Å²) in [6.07, 6.45) is 2.76. The van der Waals surface area contributed by atoms with Crippen LogP contribution in [0.4, 0.5) is 11.6 Å². The minimum atomic E-state index is -0.0648. The molecule has 4 heterocycles. The number of fused-ring (bicyclic) bond motifs is 1. The molecule has 1 aromatic carbocycles. The van der Waals surface area contributed by atoms with Crippen molar-refractivity contribution in [2.45, 2.75) is 39.0 Å². The zero-order valence-corrected chi connectivity index (χ0v) is 17.8. The van der Waals surface area contributed by atoms with E-state index in [1.54, 1.807) is 4.68 Å². The number of carbonyl (C=O) groups excluding carboxylic acids is 1. The number of hydrogen-bond donors (Lipinski definition) is 1. The summed E-state index contributed by atoms with van der Waals surface area (Å²) >= 11 is 0. The zero-order chi connectivity index (χ0) is 21.4. The fraction of sp³-hybridized carbons (Fsp3) is 0.391. The third-order valence-corrected chi connectivity index (χ3v) is 5.98. The quantitative estimate of drug-likeness (QED) is 0.683. The molecule has 0 aliphatic carbocycles. The van der Waals surface area contributed by atoms with Crippen LogP contribution in [0.5, 0.6) is 5.75 Å². The van der Waals surface area contributed by atoms with E-state index in [2.05, 4.69) is 20.4 Å². The number of hydrogen-bond acceptors (Lipinski definition) is 6. The van der Waals surface area contributed by atoms with E-state index in [1.807, 2.05) is 50.2 Å². The summed E-state index contributed by atoms with van der Waals surface area (Å²) in [4.78, 5) is 14.8. The maximum absolute atomic E-state index is 12.6. The Labute approximate surface area is 181 Å². The molecule has 0 saturated carbocycles. The first-order valence-electron chi connectivity index (χ1n) is 10.8. The Morgan fingerprint density at radius 1 is 1.06 bits per heavy atom. The van der Waals surface area contributed by atoms with Crippen LogP contribution in [0.25, 0.3) is 5.82 Å². The number of aryl methyl sites for hydroxylation is 1. The van der Waals surface area contributed by atoms with E-state index in [-0.39, 0.29) is 11.8 Å². The first-order chi connectivity index (χ1) is 15.1. The molecule has 2 aliphatic rings. The van der Waals surface area contributed by atoms with Crippen molar-refractivity contribution in [3.63, 3.8) is 0 Å². The molecule has 0 spiro atoms. The molecule has 1 fully saturated rings. The highest BCUT2D eigenvalue weighted by Crippen LogP contribution is 2.40. The molecule has 0 radical (unpaired) electrons. The lowest BCUT2D eigenvalue weighted by Gasteiger charge is -2.24. The molecule has 2 aromatic heterocycles. The minimum Gasteiger partial charge on any atom is -0.494 e. The van der Waals surface area contributed by atoms with Crippen molar-refractivity contribution in [3.05, 3.63) is 53.2 Å². The van der Waals surface area contributed by atoms with E-state index in [1.165, 1.54) is 12.8 Å². The average molecular weight is 419 g/mol. The van der Waals surface area contributed by atoms with Crippen molar-refractivity contribution < 1.29 is 9.53 Å². The second kappa shape index (κ2) is 8.02. The Balaban J connectivity index is 1.50. The molecule has 31 heavy (non-hydrogen) atoms. The summed E-state index contributed by atoms with van der Waals surface area (Å²) in [6, 6.07) is 11.9. The normalized spacial score (nSPS) is 18.1. The molecule has 1 saturated heterocycles. The van der Waals surface area contributed by atoms with Crippen molar-refractivity contribution in [1.82, 2.24) is 20.0 Å². The molecule has 1 amide bonds. The predicted molar refractivity (Wildman–Crippen MR) is 118 cm³/mol. The van der Waals surface area contributed by atoms with Gasteiger partial charge in [-0.1, -0.05) is 12.1 Å². The Morgan fingerprint density at radius 3 is 2.45 bits per heavy atom. The van der Waals surface area contributed by atoms with E-state index in [9.17, 15) is 4.79 Å². The van der Waals surface area contributed by atoms with Crippen molar-refractivity contribution in [3.8, 4) is 11.6 Å². The van der Waals surface area contributed by atoms with Gasteiger partial charge in [-0.25, -0.2) is 0 Å². The first-order valence-corrected chi connectivity index (χ1v) is 10.8. The average Bonchev–Trinajstić information content (AvgIpc) is 3.43. The van der Waals surface area contributed by atoms with E-state index in [4.69, 9.17) is 9.84 Å². The van der Waals surface area contributed by atoms with Crippen molar-refractivity contribution >= 4 is 17.5 Å². The van der Waals surface area contributed by atoms with Gasteiger partial charge in [0.1, 0.15) is 11.6 Å². The van der Waals surface area contributed by atoms with Gasteiger partial charge < -0.3 is 15.0 Å². The molecule has 1 atom stereocenters. The summed E-state index contributed by atoms with van der Waals surface area (Å²) in [5.41, 5.74) is 2.96. The van der Waals surface area contributed by atoms with Crippen LogP contribution in [0, 0.1) is 6.92 Å². The van der Waals surface area contributed by atoms with Gasteiger partial charge in [-0.2, -0.15) is 9.78 Å². The molecule has 1 N–H and O–H groups in total. The van der Waals surface area contributed by atoms with Crippen LogP contribution in [0.1, 0.15) is 48.9 Å². The van der Waals surface area contributed by atoms with E-state index in [0.29, 0.717) is 24.7 Å². The topological polar surface area (TPSA) is 85.2 Å². The maximum atomic E-state index is 12.6. The molecule has 160 valence electrons. The van der Waals surface area contributed by atoms with E-state index in [0.717, 1.165) is 41.5 Å². The largest absolute Gasteiger partial charge is 0.494 e. The van der Waals surface area contributed by atoms with Crippen LogP contribution in [0.2, 0.25) is 0 Å². The molecular weight excluding hydrogens is 392 g/mol. The highest BCUT2D eigenvalue weighted by molar-refractivity contribution is 5.95. The van der Waals surface area contributed by atoms with E-state index >= 15 is 0 Å². The number of carbonyl (C=O) groups is 1. The van der Waals surface area contributed by atoms with Crippen molar-refractivity contribution in [2.24, 2.45) is 0 Å². The summed E-state index contributed by atoms with van der Waals surface area (Å²) in [6.45, 7) is 6.59. The Hall–Kier alpha value is -3.42. The lowest BCUT2D eigenvalue weighted by atomic mass is 9.86. The lowest BCUT2D eigenvalue weighted by Crippen LogP contribution is -2.25.